The normalized spacial score (nSPS) is 22.6. The summed E-state index contributed by atoms with van der Waals surface area (Å²) < 4.78 is 0. The summed E-state index contributed by atoms with van der Waals surface area (Å²) in [6, 6.07) is 11.9. The number of benzene rings is 1. The monoisotopic (exact) mass is 289 g/mol. The van der Waals surface area contributed by atoms with Crippen LogP contribution in [0.1, 0.15) is 38.7 Å². The number of likely N-dealkylation sites (N-methyl/N-ethyl adjacent to an activating group) is 1. The van der Waals surface area contributed by atoms with Crippen LogP contribution in [0.2, 0.25) is 0 Å². The maximum atomic E-state index is 6.12. The van der Waals surface area contributed by atoms with Gasteiger partial charge in [-0.1, -0.05) is 51.1 Å². The molecule has 1 aliphatic rings. The van der Waals surface area contributed by atoms with E-state index in [1.165, 1.54) is 25.1 Å². The van der Waals surface area contributed by atoms with Crippen LogP contribution in [0, 0.1) is 0 Å². The fourth-order valence-corrected chi connectivity index (χ4v) is 3.76. The maximum Gasteiger partial charge on any atom is 0.0285 e. The van der Waals surface area contributed by atoms with Gasteiger partial charge in [0.2, 0.25) is 0 Å². The molecular formula is C18H31N3. The fraction of sp³-hybridized carbons (Fsp3) is 0.667. The summed E-state index contributed by atoms with van der Waals surface area (Å²) in [5.74, 6) is 0.492. The van der Waals surface area contributed by atoms with Crippen molar-refractivity contribution in [3.63, 3.8) is 0 Å². The van der Waals surface area contributed by atoms with E-state index in [0.717, 1.165) is 19.6 Å². The molecule has 1 aromatic carbocycles. The van der Waals surface area contributed by atoms with Gasteiger partial charge >= 0.3 is 0 Å². The zero-order chi connectivity index (χ0) is 15.2. The minimum atomic E-state index is 0.452. The van der Waals surface area contributed by atoms with Crippen LogP contribution >= 0.6 is 0 Å². The van der Waals surface area contributed by atoms with Crippen molar-refractivity contribution in [2.45, 2.75) is 45.2 Å². The van der Waals surface area contributed by atoms with Gasteiger partial charge in [-0.25, -0.2) is 0 Å². The van der Waals surface area contributed by atoms with Gasteiger partial charge in [0, 0.05) is 31.7 Å². The molecule has 0 amide bonds. The molecule has 1 saturated heterocycles. The molecule has 2 N–H and O–H groups in total. The van der Waals surface area contributed by atoms with Crippen molar-refractivity contribution >= 4 is 0 Å². The molecule has 0 aromatic heterocycles. The van der Waals surface area contributed by atoms with Crippen LogP contribution in [0.5, 0.6) is 0 Å². The smallest absolute Gasteiger partial charge is 0.0285 e. The summed E-state index contributed by atoms with van der Waals surface area (Å²) in [6.45, 7) is 12.2. The number of rotatable bonds is 7. The molecule has 0 bridgehead atoms. The molecule has 2 rings (SSSR count). The lowest BCUT2D eigenvalue weighted by Crippen LogP contribution is -2.45. The second-order valence-corrected chi connectivity index (χ2v) is 6.16. The van der Waals surface area contributed by atoms with Gasteiger partial charge in [-0.15, -0.1) is 0 Å². The molecule has 0 radical (unpaired) electrons. The van der Waals surface area contributed by atoms with Crippen molar-refractivity contribution in [1.29, 1.82) is 0 Å². The molecule has 0 spiro atoms. The standard InChI is InChI=1S/C18H31N3/c1-4-20(5-2)17-11-12-21(14-17)18(13-19)15(3)16-9-7-6-8-10-16/h6-10,15,17-18H,4-5,11-14,19H2,1-3H3. The summed E-state index contributed by atoms with van der Waals surface area (Å²) in [6.07, 6.45) is 1.28. The molecule has 1 aromatic rings. The molecule has 0 aliphatic carbocycles. The van der Waals surface area contributed by atoms with Crippen LogP contribution in [0.3, 0.4) is 0 Å². The lowest BCUT2D eigenvalue weighted by atomic mass is 9.92. The van der Waals surface area contributed by atoms with Crippen molar-refractivity contribution in [1.82, 2.24) is 9.80 Å². The zero-order valence-corrected chi connectivity index (χ0v) is 13.8. The highest BCUT2D eigenvalue weighted by Gasteiger charge is 2.32. The minimum Gasteiger partial charge on any atom is -0.329 e. The Bertz CT molecular complexity index is 402. The summed E-state index contributed by atoms with van der Waals surface area (Å²) in [5.41, 5.74) is 7.52. The Hall–Kier alpha value is -0.900. The zero-order valence-electron chi connectivity index (χ0n) is 13.8. The Labute approximate surface area is 130 Å². The lowest BCUT2D eigenvalue weighted by molar-refractivity contribution is 0.178. The summed E-state index contributed by atoms with van der Waals surface area (Å²) in [4.78, 5) is 5.20. The van der Waals surface area contributed by atoms with Crippen LogP contribution in [0.25, 0.3) is 0 Å². The van der Waals surface area contributed by atoms with Gasteiger partial charge in [-0.2, -0.15) is 0 Å². The van der Waals surface area contributed by atoms with Crippen molar-refractivity contribution < 1.29 is 0 Å². The highest BCUT2D eigenvalue weighted by atomic mass is 15.3. The van der Waals surface area contributed by atoms with E-state index in [-0.39, 0.29) is 0 Å². The van der Waals surface area contributed by atoms with Crippen LogP contribution in [-0.2, 0) is 0 Å². The number of hydrogen-bond acceptors (Lipinski definition) is 3. The summed E-state index contributed by atoms with van der Waals surface area (Å²) in [7, 11) is 0. The van der Waals surface area contributed by atoms with Gasteiger partial charge in [0.25, 0.3) is 0 Å². The molecule has 0 saturated carbocycles. The Kier molecular flexibility index (Phi) is 6.22. The first-order valence-corrected chi connectivity index (χ1v) is 8.44. The maximum absolute atomic E-state index is 6.12. The van der Waals surface area contributed by atoms with Crippen molar-refractivity contribution in [3.05, 3.63) is 35.9 Å². The number of likely N-dealkylation sites (tertiary alicyclic amines) is 1. The van der Waals surface area contributed by atoms with Gasteiger partial charge in [-0.05, 0) is 31.0 Å². The Balaban J connectivity index is 2.02. The first-order valence-electron chi connectivity index (χ1n) is 8.44. The second kappa shape index (κ2) is 7.92. The second-order valence-electron chi connectivity index (χ2n) is 6.16. The van der Waals surface area contributed by atoms with E-state index in [0.29, 0.717) is 18.0 Å². The predicted octanol–water partition coefficient (Wildman–Crippen LogP) is 2.53. The topological polar surface area (TPSA) is 32.5 Å². The number of hydrogen-bond donors (Lipinski definition) is 1. The molecule has 1 fully saturated rings. The molecule has 3 atom stereocenters. The van der Waals surface area contributed by atoms with Gasteiger partial charge in [0.05, 0.1) is 0 Å². The van der Waals surface area contributed by atoms with E-state index in [2.05, 4.69) is 60.9 Å². The predicted molar refractivity (Wildman–Crippen MR) is 90.6 cm³/mol. The molecule has 3 unspecified atom stereocenters. The van der Waals surface area contributed by atoms with Crippen molar-refractivity contribution in [2.24, 2.45) is 5.73 Å². The third-order valence-electron chi connectivity index (χ3n) is 5.14. The van der Waals surface area contributed by atoms with Gasteiger partial charge in [0.15, 0.2) is 0 Å². The van der Waals surface area contributed by atoms with Crippen molar-refractivity contribution in [3.8, 4) is 0 Å². The first-order chi connectivity index (χ1) is 10.2. The summed E-state index contributed by atoms with van der Waals surface area (Å²) in [5, 5.41) is 0. The summed E-state index contributed by atoms with van der Waals surface area (Å²) >= 11 is 0. The Morgan fingerprint density at radius 2 is 1.90 bits per heavy atom. The van der Waals surface area contributed by atoms with Crippen LogP contribution < -0.4 is 5.73 Å². The molecule has 3 nitrogen and oxygen atoms in total. The molecule has 21 heavy (non-hydrogen) atoms. The van der Waals surface area contributed by atoms with Gasteiger partial charge in [-0.3, -0.25) is 9.80 Å². The first kappa shape index (κ1) is 16.5. The number of nitrogens with zero attached hydrogens (tertiary/aromatic N) is 2. The average Bonchev–Trinajstić information content (AvgIpc) is 2.99. The van der Waals surface area contributed by atoms with Crippen molar-refractivity contribution in [2.75, 3.05) is 32.7 Å². The number of nitrogens with two attached hydrogens (primary N) is 1. The third-order valence-corrected chi connectivity index (χ3v) is 5.14. The lowest BCUT2D eigenvalue weighted by Gasteiger charge is -2.33. The van der Waals surface area contributed by atoms with E-state index in [9.17, 15) is 0 Å². The minimum absolute atomic E-state index is 0.452. The highest BCUT2D eigenvalue weighted by molar-refractivity contribution is 5.21. The van der Waals surface area contributed by atoms with E-state index in [4.69, 9.17) is 5.73 Å². The Morgan fingerprint density at radius 1 is 1.24 bits per heavy atom. The van der Waals surface area contributed by atoms with Crippen LogP contribution in [0.4, 0.5) is 0 Å². The molecule has 118 valence electrons. The van der Waals surface area contributed by atoms with Crippen LogP contribution in [-0.4, -0.2) is 54.6 Å². The fourth-order valence-electron chi connectivity index (χ4n) is 3.76. The van der Waals surface area contributed by atoms with E-state index >= 15 is 0 Å². The molecular weight excluding hydrogens is 258 g/mol. The largest absolute Gasteiger partial charge is 0.329 e. The third kappa shape index (κ3) is 3.85. The molecule has 3 heteroatoms. The quantitative estimate of drug-likeness (QED) is 0.837. The van der Waals surface area contributed by atoms with Crippen LogP contribution in [0.15, 0.2) is 30.3 Å². The molecule has 1 heterocycles. The van der Waals surface area contributed by atoms with E-state index < -0.39 is 0 Å². The van der Waals surface area contributed by atoms with E-state index in [1.807, 2.05) is 0 Å². The SMILES string of the molecule is CCN(CC)C1CCN(C(CN)C(C)c2ccccc2)C1. The average molecular weight is 289 g/mol. The highest BCUT2D eigenvalue weighted by Crippen LogP contribution is 2.26. The Morgan fingerprint density at radius 3 is 2.48 bits per heavy atom. The van der Waals surface area contributed by atoms with Gasteiger partial charge in [0.1, 0.15) is 0 Å². The van der Waals surface area contributed by atoms with E-state index in [1.54, 1.807) is 0 Å². The molecule has 1 aliphatic heterocycles. The van der Waals surface area contributed by atoms with Gasteiger partial charge < -0.3 is 5.73 Å².